The maximum Gasteiger partial charge on any atom is 0.249 e. The molecule has 11 heavy (non-hydrogen) atoms. The fraction of sp³-hybridized carbons (Fsp3) is 1.00. The Morgan fingerprint density at radius 3 is 2.91 bits per heavy atom. The van der Waals surface area contributed by atoms with Gasteiger partial charge in [-0.3, -0.25) is 0 Å². The van der Waals surface area contributed by atoms with Crippen molar-refractivity contribution in [2.24, 2.45) is 0 Å². The second-order valence-electron chi connectivity index (χ2n) is 3.00. The van der Waals surface area contributed by atoms with Crippen LogP contribution in [0.15, 0.2) is 0 Å². The molecule has 4 heteroatoms. The van der Waals surface area contributed by atoms with Gasteiger partial charge in [0.05, 0.1) is 6.61 Å². The number of nitrogens with one attached hydrogen (secondary N) is 1. The van der Waals surface area contributed by atoms with Gasteiger partial charge in [0.25, 0.3) is 0 Å². The van der Waals surface area contributed by atoms with Crippen LogP contribution in [0.1, 0.15) is 19.3 Å². The lowest BCUT2D eigenvalue weighted by molar-refractivity contribution is -0.0226. The lowest BCUT2D eigenvalue weighted by Gasteiger charge is -2.17. The molecule has 66 valence electrons. The number of aliphatic hydroxyl groups excluding tert-OH is 1. The molecule has 1 saturated heterocycles. The lowest BCUT2D eigenvalue weighted by Crippen LogP contribution is -2.34. The van der Waals surface area contributed by atoms with Gasteiger partial charge in [0, 0.05) is 18.9 Å². The summed E-state index contributed by atoms with van der Waals surface area (Å²) in [5.74, 6) is -2.59. The predicted molar refractivity (Wildman–Crippen MR) is 37.7 cm³/mol. The minimum Gasteiger partial charge on any atom is -0.395 e. The van der Waals surface area contributed by atoms with Crippen molar-refractivity contribution in [2.45, 2.75) is 31.2 Å². The molecule has 2 N–H and O–H groups in total. The number of hydrogen-bond donors (Lipinski definition) is 2. The van der Waals surface area contributed by atoms with Crippen LogP contribution in [-0.4, -0.2) is 30.2 Å². The van der Waals surface area contributed by atoms with Gasteiger partial charge in [0.2, 0.25) is 5.92 Å². The van der Waals surface area contributed by atoms with Gasteiger partial charge in [-0.2, -0.15) is 0 Å². The van der Waals surface area contributed by atoms with Crippen LogP contribution in [0.4, 0.5) is 8.78 Å². The molecule has 0 aromatic heterocycles. The van der Waals surface area contributed by atoms with Crippen LogP contribution >= 0.6 is 0 Å². The largest absolute Gasteiger partial charge is 0.395 e. The first-order valence-corrected chi connectivity index (χ1v) is 3.86. The molecule has 0 bridgehead atoms. The Balaban J connectivity index is 2.47. The van der Waals surface area contributed by atoms with Crippen molar-refractivity contribution in [1.29, 1.82) is 0 Å². The molecule has 0 unspecified atom stereocenters. The first kappa shape index (κ1) is 8.87. The average Bonchev–Trinajstić information content (AvgIpc) is 2.10. The van der Waals surface area contributed by atoms with Gasteiger partial charge in [0.1, 0.15) is 0 Å². The van der Waals surface area contributed by atoms with Crippen LogP contribution in [0, 0.1) is 0 Å². The number of aliphatic hydroxyl groups is 1. The monoisotopic (exact) mass is 165 g/mol. The van der Waals surface area contributed by atoms with Crippen LogP contribution < -0.4 is 5.32 Å². The summed E-state index contributed by atoms with van der Waals surface area (Å²) < 4.78 is 25.5. The summed E-state index contributed by atoms with van der Waals surface area (Å²) in [4.78, 5) is 0. The molecule has 0 aromatic carbocycles. The smallest absolute Gasteiger partial charge is 0.249 e. The SMILES string of the molecule is OC[C@@H]1CC(F)(F)CCCN1. The molecule has 0 aliphatic carbocycles. The highest BCUT2D eigenvalue weighted by atomic mass is 19.3. The van der Waals surface area contributed by atoms with Crippen molar-refractivity contribution in [3.8, 4) is 0 Å². The van der Waals surface area contributed by atoms with E-state index >= 15 is 0 Å². The van der Waals surface area contributed by atoms with E-state index in [9.17, 15) is 8.78 Å². The summed E-state index contributed by atoms with van der Waals surface area (Å²) in [6.07, 6.45) is 0.198. The molecule has 1 atom stereocenters. The standard InChI is InChI=1S/C7H13F2NO/c8-7(9)2-1-3-10-6(4-7)5-11/h6,10-11H,1-5H2/t6-/m0/s1. The van der Waals surface area contributed by atoms with Gasteiger partial charge >= 0.3 is 0 Å². The highest BCUT2D eigenvalue weighted by molar-refractivity contribution is 4.80. The van der Waals surface area contributed by atoms with E-state index in [1.54, 1.807) is 0 Å². The predicted octanol–water partition coefficient (Wildman–Crippen LogP) is 0.756. The fourth-order valence-electron chi connectivity index (χ4n) is 1.32. The fourth-order valence-corrected chi connectivity index (χ4v) is 1.32. The second kappa shape index (κ2) is 3.45. The quantitative estimate of drug-likeness (QED) is 0.601. The van der Waals surface area contributed by atoms with E-state index in [0.717, 1.165) is 0 Å². The maximum atomic E-state index is 12.8. The highest BCUT2D eigenvalue weighted by Gasteiger charge is 2.33. The van der Waals surface area contributed by atoms with Crippen molar-refractivity contribution in [1.82, 2.24) is 5.32 Å². The zero-order chi connectivity index (χ0) is 8.32. The Labute approximate surface area is 64.6 Å². The Kier molecular flexibility index (Phi) is 2.78. The number of alkyl halides is 2. The second-order valence-corrected chi connectivity index (χ2v) is 3.00. The number of halogens is 2. The third kappa shape index (κ3) is 2.71. The van der Waals surface area contributed by atoms with Crippen LogP contribution in [0.5, 0.6) is 0 Å². The zero-order valence-corrected chi connectivity index (χ0v) is 6.32. The summed E-state index contributed by atoms with van der Waals surface area (Å²) >= 11 is 0. The first-order valence-electron chi connectivity index (χ1n) is 3.86. The molecule has 1 heterocycles. The molecule has 0 aromatic rings. The van der Waals surface area contributed by atoms with E-state index in [0.29, 0.717) is 13.0 Å². The van der Waals surface area contributed by atoms with Gasteiger partial charge in [-0.1, -0.05) is 0 Å². The van der Waals surface area contributed by atoms with Crippen molar-refractivity contribution >= 4 is 0 Å². The van der Waals surface area contributed by atoms with Crippen LogP contribution in [0.3, 0.4) is 0 Å². The van der Waals surface area contributed by atoms with Crippen molar-refractivity contribution < 1.29 is 13.9 Å². The minimum absolute atomic E-state index is 0.0590. The van der Waals surface area contributed by atoms with E-state index in [1.165, 1.54) is 0 Å². The lowest BCUT2D eigenvalue weighted by atomic mass is 10.1. The number of hydrogen-bond acceptors (Lipinski definition) is 2. The van der Waals surface area contributed by atoms with Crippen molar-refractivity contribution in [3.63, 3.8) is 0 Å². The van der Waals surface area contributed by atoms with Gasteiger partial charge < -0.3 is 10.4 Å². The molecule has 0 saturated carbocycles. The zero-order valence-electron chi connectivity index (χ0n) is 6.32. The first-order chi connectivity index (χ1) is 5.14. The minimum atomic E-state index is -2.59. The van der Waals surface area contributed by atoms with Gasteiger partial charge in [0.15, 0.2) is 0 Å². The summed E-state index contributed by atoms with van der Waals surface area (Å²) in [6, 6.07) is -0.424. The molecule has 1 rings (SSSR count). The molecule has 1 aliphatic heterocycles. The maximum absolute atomic E-state index is 12.8. The number of rotatable bonds is 1. The normalized spacial score (nSPS) is 31.4. The molecule has 0 spiro atoms. The van der Waals surface area contributed by atoms with E-state index in [1.807, 2.05) is 0 Å². The van der Waals surface area contributed by atoms with E-state index < -0.39 is 12.0 Å². The average molecular weight is 165 g/mol. The Bertz CT molecular complexity index is 130. The van der Waals surface area contributed by atoms with Crippen molar-refractivity contribution in [2.75, 3.05) is 13.2 Å². The van der Waals surface area contributed by atoms with Gasteiger partial charge in [-0.15, -0.1) is 0 Å². The Hall–Kier alpha value is -0.220. The molecular formula is C7H13F2NO. The van der Waals surface area contributed by atoms with Crippen LogP contribution in [0.2, 0.25) is 0 Å². The highest BCUT2D eigenvalue weighted by Crippen LogP contribution is 2.27. The van der Waals surface area contributed by atoms with E-state index in [-0.39, 0.29) is 19.4 Å². The molecule has 2 nitrogen and oxygen atoms in total. The van der Waals surface area contributed by atoms with Gasteiger partial charge in [-0.25, -0.2) is 8.78 Å². The third-order valence-electron chi connectivity index (χ3n) is 1.92. The summed E-state index contributed by atoms with van der Waals surface area (Å²) in [5, 5.41) is 11.5. The molecular weight excluding hydrogens is 152 g/mol. The Morgan fingerprint density at radius 1 is 1.55 bits per heavy atom. The summed E-state index contributed by atoms with van der Waals surface area (Å²) in [5.41, 5.74) is 0. The Morgan fingerprint density at radius 2 is 2.27 bits per heavy atom. The molecule has 1 fully saturated rings. The van der Waals surface area contributed by atoms with E-state index in [2.05, 4.69) is 5.32 Å². The molecule has 0 amide bonds. The van der Waals surface area contributed by atoms with Crippen molar-refractivity contribution in [3.05, 3.63) is 0 Å². The summed E-state index contributed by atoms with van der Waals surface area (Å²) in [7, 11) is 0. The van der Waals surface area contributed by atoms with E-state index in [4.69, 9.17) is 5.11 Å². The van der Waals surface area contributed by atoms with Gasteiger partial charge in [-0.05, 0) is 13.0 Å². The van der Waals surface area contributed by atoms with Crippen LogP contribution in [0.25, 0.3) is 0 Å². The topological polar surface area (TPSA) is 32.3 Å². The molecule has 0 radical (unpaired) electrons. The third-order valence-corrected chi connectivity index (χ3v) is 1.92. The van der Waals surface area contributed by atoms with Crippen LogP contribution in [-0.2, 0) is 0 Å². The summed E-state index contributed by atoms with van der Waals surface area (Å²) in [6.45, 7) is 0.385. The molecule has 1 aliphatic rings.